The number of hydrogen-bond acceptors (Lipinski definition) is 3. The molecule has 9 heteroatoms. The van der Waals surface area contributed by atoms with Crippen LogP contribution in [0.5, 0.6) is 0 Å². The van der Waals surface area contributed by atoms with Gasteiger partial charge in [0.1, 0.15) is 5.82 Å². The second kappa shape index (κ2) is 5.94. The molecule has 0 aliphatic heterocycles. The number of alkyl halides is 3. The number of nitrogens with zero attached hydrogens (tertiary/aromatic N) is 4. The van der Waals surface area contributed by atoms with Crippen LogP contribution in [-0.4, -0.2) is 24.6 Å². The third-order valence-corrected chi connectivity index (χ3v) is 3.89. The smallest absolute Gasteiger partial charge is 0.297 e. The van der Waals surface area contributed by atoms with Crippen LogP contribution >= 0.6 is 0 Å². The molecule has 4 aromatic rings. The predicted octanol–water partition coefficient (Wildman–Crippen LogP) is 3.87. The van der Waals surface area contributed by atoms with Crippen LogP contribution in [0.15, 0.2) is 48.7 Å². The average molecular weight is 361 g/mol. The van der Waals surface area contributed by atoms with Gasteiger partial charge in [-0.3, -0.25) is 9.50 Å². The van der Waals surface area contributed by atoms with Crippen LogP contribution in [0.4, 0.5) is 17.6 Å². The van der Waals surface area contributed by atoms with E-state index >= 15 is 0 Å². The van der Waals surface area contributed by atoms with Gasteiger partial charge in [-0.2, -0.15) is 13.2 Å². The van der Waals surface area contributed by atoms with Crippen molar-refractivity contribution >= 4 is 5.52 Å². The number of rotatable bonds is 3. The number of imidazole rings is 1. The summed E-state index contributed by atoms with van der Waals surface area (Å²) in [5, 5.41) is 5.47. The second-order valence-electron chi connectivity index (χ2n) is 5.61. The van der Waals surface area contributed by atoms with Gasteiger partial charge in [0.25, 0.3) is 5.82 Å². The van der Waals surface area contributed by atoms with E-state index in [2.05, 4.69) is 20.2 Å². The molecule has 0 saturated heterocycles. The molecule has 1 N–H and O–H groups in total. The highest BCUT2D eigenvalue weighted by atomic mass is 19.4. The van der Waals surface area contributed by atoms with Crippen molar-refractivity contribution in [2.45, 2.75) is 12.6 Å². The Morgan fingerprint density at radius 1 is 1.00 bits per heavy atom. The number of benzene rings is 1. The molecule has 1 aromatic carbocycles. The van der Waals surface area contributed by atoms with E-state index in [0.29, 0.717) is 16.8 Å². The largest absolute Gasteiger partial charge is 0.453 e. The molecule has 0 radical (unpaired) electrons. The van der Waals surface area contributed by atoms with E-state index in [0.717, 1.165) is 0 Å². The van der Waals surface area contributed by atoms with E-state index in [1.54, 1.807) is 47.0 Å². The summed E-state index contributed by atoms with van der Waals surface area (Å²) in [6.07, 6.45) is -2.81. The summed E-state index contributed by atoms with van der Waals surface area (Å²) in [5.41, 5.74) is 1.61. The third kappa shape index (κ3) is 2.81. The predicted molar refractivity (Wildman–Crippen MR) is 84.8 cm³/mol. The Bertz CT molecular complexity index is 1080. The topological polar surface area (TPSA) is 58.9 Å². The number of nitrogens with one attached hydrogen (secondary N) is 1. The van der Waals surface area contributed by atoms with Crippen molar-refractivity contribution in [3.8, 4) is 11.6 Å². The number of H-pyrrole nitrogens is 1. The van der Waals surface area contributed by atoms with E-state index in [1.807, 2.05) is 0 Å². The van der Waals surface area contributed by atoms with Crippen LogP contribution in [0.25, 0.3) is 17.2 Å². The second-order valence-corrected chi connectivity index (χ2v) is 5.61. The third-order valence-electron chi connectivity index (χ3n) is 3.89. The Kier molecular flexibility index (Phi) is 3.71. The number of aromatic nitrogens is 5. The zero-order valence-corrected chi connectivity index (χ0v) is 13.1. The molecular weight excluding hydrogens is 350 g/mol. The monoisotopic (exact) mass is 361 g/mol. The standard InChI is InChI=1S/C17H11F4N5/c18-11-6-2-1-5-10(11)9-12-13-7-3-4-8-26(13)15(22-12)14-23-16(25-24-14)17(19,20)21/h1-8H,9H2,(H,23,24,25). The average Bonchev–Trinajstić information content (AvgIpc) is 3.22. The van der Waals surface area contributed by atoms with Gasteiger partial charge in [0.2, 0.25) is 0 Å². The number of halogens is 4. The summed E-state index contributed by atoms with van der Waals surface area (Å²) in [6, 6.07) is 11.5. The van der Waals surface area contributed by atoms with Crippen LogP contribution in [0, 0.1) is 5.82 Å². The molecule has 5 nitrogen and oxygen atoms in total. The molecule has 4 rings (SSSR count). The summed E-state index contributed by atoms with van der Waals surface area (Å²) in [7, 11) is 0. The van der Waals surface area contributed by atoms with Crippen LogP contribution in [-0.2, 0) is 12.6 Å². The molecule has 0 saturated carbocycles. The Labute approximate surface area is 144 Å². The van der Waals surface area contributed by atoms with Crippen LogP contribution in [0.1, 0.15) is 17.1 Å². The Morgan fingerprint density at radius 3 is 2.50 bits per heavy atom. The number of pyridine rings is 1. The SMILES string of the molecule is Fc1ccccc1Cc1nc(-c2nc(C(F)(F)F)n[nH]2)n2ccccc12. The molecule has 0 atom stereocenters. The van der Waals surface area contributed by atoms with Gasteiger partial charge in [0.15, 0.2) is 11.6 Å². The van der Waals surface area contributed by atoms with Crippen LogP contribution in [0.2, 0.25) is 0 Å². The minimum atomic E-state index is -4.65. The molecule has 3 aromatic heterocycles. The van der Waals surface area contributed by atoms with Gasteiger partial charge in [-0.15, -0.1) is 5.10 Å². The quantitative estimate of drug-likeness (QED) is 0.564. The highest BCUT2D eigenvalue weighted by Crippen LogP contribution is 2.28. The number of hydrogen-bond donors (Lipinski definition) is 1. The van der Waals surface area contributed by atoms with Gasteiger partial charge in [0.05, 0.1) is 11.2 Å². The lowest BCUT2D eigenvalue weighted by molar-refractivity contribution is -0.144. The first kappa shape index (κ1) is 16.2. The maximum absolute atomic E-state index is 14.0. The fourth-order valence-corrected chi connectivity index (χ4v) is 2.71. The Balaban J connectivity index is 1.82. The van der Waals surface area contributed by atoms with E-state index < -0.39 is 12.0 Å². The van der Waals surface area contributed by atoms with Gasteiger partial charge in [-0.1, -0.05) is 24.3 Å². The number of aromatic amines is 1. The van der Waals surface area contributed by atoms with Gasteiger partial charge in [0, 0.05) is 12.6 Å². The highest BCUT2D eigenvalue weighted by Gasteiger charge is 2.36. The maximum atomic E-state index is 14.0. The van der Waals surface area contributed by atoms with Gasteiger partial charge >= 0.3 is 6.18 Å². The van der Waals surface area contributed by atoms with Crippen LogP contribution in [0.3, 0.4) is 0 Å². The number of fused-ring (bicyclic) bond motifs is 1. The maximum Gasteiger partial charge on any atom is 0.453 e. The van der Waals surface area contributed by atoms with Crippen molar-refractivity contribution < 1.29 is 17.6 Å². The van der Waals surface area contributed by atoms with Crippen molar-refractivity contribution in [1.29, 1.82) is 0 Å². The summed E-state index contributed by atoms with van der Waals surface area (Å²) >= 11 is 0. The molecule has 0 aliphatic carbocycles. The summed E-state index contributed by atoms with van der Waals surface area (Å²) in [5.74, 6) is -1.57. The summed E-state index contributed by atoms with van der Waals surface area (Å²) in [4.78, 5) is 7.88. The van der Waals surface area contributed by atoms with Crippen molar-refractivity contribution in [1.82, 2.24) is 24.6 Å². The molecule has 26 heavy (non-hydrogen) atoms. The van der Waals surface area contributed by atoms with E-state index in [1.165, 1.54) is 6.07 Å². The molecule has 0 amide bonds. The van der Waals surface area contributed by atoms with Crippen molar-refractivity contribution in [2.75, 3.05) is 0 Å². The molecule has 0 unspecified atom stereocenters. The molecular formula is C17H11F4N5. The van der Waals surface area contributed by atoms with Gasteiger partial charge in [-0.05, 0) is 23.8 Å². The Morgan fingerprint density at radius 2 is 1.77 bits per heavy atom. The first-order valence-corrected chi connectivity index (χ1v) is 7.63. The van der Waals surface area contributed by atoms with Crippen molar-refractivity contribution in [3.05, 3.63) is 71.6 Å². The molecule has 132 valence electrons. The Hall–Kier alpha value is -3.23. The molecule has 0 fully saturated rings. The molecule has 3 heterocycles. The lowest BCUT2D eigenvalue weighted by Gasteiger charge is -2.01. The van der Waals surface area contributed by atoms with Crippen LogP contribution < -0.4 is 0 Å². The zero-order chi connectivity index (χ0) is 18.3. The first-order valence-electron chi connectivity index (χ1n) is 7.63. The minimum Gasteiger partial charge on any atom is -0.297 e. The van der Waals surface area contributed by atoms with Crippen molar-refractivity contribution in [2.24, 2.45) is 0 Å². The van der Waals surface area contributed by atoms with Gasteiger partial charge in [-0.25, -0.2) is 14.4 Å². The molecule has 0 spiro atoms. The fourth-order valence-electron chi connectivity index (χ4n) is 2.71. The van der Waals surface area contributed by atoms with Gasteiger partial charge < -0.3 is 0 Å². The normalized spacial score (nSPS) is 12.0. The summed E-state index contributed by atoms with van der Waals surface area (Å²) in [6.45, 7) is 0. The zero-order valence-electron chi connectivity index (χ0n) is 13.1. The lowest BCUT2D eigenvalue weighted by Crippen LogP contribution is -2.07. The fraction of sp³-hybridized carbons (Fsp3) is 0.118. The first-order chi connectivity index (χ1) is 12.4. The van der Waals surface area contributed by atoms with E-state index in [-0.39, 0.29) is 23.9 Å². The summed E-state index contributed by atoms with van der Waals surface area (Å²) < 4.78 is 53.8. The van der Waals surface area contributed by atoms with E-state index in [9.17, 15) is 17.6 Å². The van der Waals surface area contributed by atoms with E-state index in [4.69, 9.17) is 0 Å². The van der Waals surface area contributed by atoms with Crippen molar-refractivity contribution in [3.63, 3.8) is 0 Å². The minimum absolute atomic E-state index is 0.113. The lowest BCUT2D eigenvalue weighted by atomic mass is 10.1. The molecule has 0 aliphatic rings. The molecule has 0 bridgehead atoms. The highest BCUT2D eigenvalue weighted by molar-refractivity contribution is 5.62.